The van der Waals surface area contributed by atoms with Crippen molar-refractivity contribution in [2.75, 3.05) is 32.2 Å². The summed E-state index contributed by atoms with van der Waals surface area (Å²) in [5.41, 5.74) is 2.40. The Bertz CT molecular complexity index is 599. The number of hydrogen-bond donors (Lipinski definition) is 1. The molecule has 20 heavy (non-hydrogen) atoms. The van der Waals surface area contributed by atoms with Crippen LogP contribution < -0.4 is 5.32 Å². The number of nitrogens with one attached hydrogen (secondary N) is 1. The van der Waals surface area contributed by atoms with Crippen molar-refractivity contribution in [2.45, 2.75) is 6.92 Å². The zero-order chi connectivity index (χ0) is 14.4. The zero-order valence-corrected chi connectivity index (χ0v) is 11.7. The molecule has 1 amide bonds. The molecule has 0 unspecified atom stereocenters. The first kappa shape index (κ1) is 14.4. The van der Waals surface area contributed by atoms with E-state index in [-0.39, 0.29) is 12.5 Å². The van der Waals surface area contributed by atoms with Crippen molar-refractivity contribution in [1.29, 1.82) is 0 Å². The molecule has 0 bridgehead atoms. The summed E-state index contributed by atoms with van der Waals surface area (Å²) in [5.74, 6) is -0.197. The van der Waals surface area contributed by atoms with Crippen LogP contribution in [0.15, 0.2) is 30.3 Å². The Labute approximate surface area is 117 Å². The molecule has 0 atom stereocenters. The van der Waals surface area contributed by atoms with E-state index < -0.39 is 0 Å². The fourth-order valence-corrected chi connectivity index (χ4v) is 1.84. The molecule has 5 heteroatoms. The number of ether oxygens (including phenoxy) is 2. The highest BCUT2D eigenvalue weighted by molar-refractivity contribution is 6.00. The third kappa shape index (κ3) is 3.76. The molecule has 0 aliphatic rings. The Morgan fingerprint density at radius 2 is 2.10 bits per heavy atom. The van der Waals surface area contributed by atoms with E-state index in [2.05, 4.69) is 10.3 Å². The van der Waals surface area contributed by atoms with Crippen LogP contribution in [-0.4, -0.2) is 37.8 Å². The van der Waals surface area contributed by atoms with E-state index >= 15 is 0 Å². The highest BCUT2D eigenvalue weighted by atomic mass is 16.5. The standard InChI is InChI=1S/C15H18N2O3/c1-11-6-7-12-4-3-5-13(15(12)16-11)17-14(18)10-20-9-8-19-2/h3-7H,8-10H2,1-2H3,(H,17,18). The summed E-state index contributed by atoms with van der Waals surface area (Å²) in [6.45, 7) is 2.80. The fourth-order valence-electron chi connectivity index (χ4n) is 1.84. The van der Waals surface area contributed by atoms with E-state index in [0.717, 1.165) is 16.6 Å². The van der Waals surface area contributed by atoms with Gasteiger partial charge in [0.15, 0.2) is 0 Å². The molecule has 0 saturated carbocycles. The molecule has 1 heterocycles. The van der Waals surface area contributed by atoms with Gasteiger partial charge in [-0.3, -0.25) is 9.78 Å². The number of carbonyl (C=O) groups is 1. The van der Waals surface area contributed by atoms with Crippen molar-refractivity contribution in [1.82, 2.24) is 4.98 Å². The number of rotatable bonds is 6. The maximum Gasteiger partial charge on any atom is 0.250 e. The predicted molar refractivity (Wildman–Crippen MR) is 77.8 cm³/mol. The summed E-state index contributed by atoms with van der Waals surface area (Å²) in [6, 6.07) is 9.62. The monoisotopic (exact) mass is 274 g/mol. The number of pyridine rings is 1. The van der Waals surface area contributed by atoms with Gasteiger partial charge in [0.2, 0.25) is 5.91 Å². The molecule has 0 aliphatic carbocycles. The maximum absolute atomic E-state index is 11.8. The number of aromatic nitrogens is 1. The Morgan fingerprint density at radius 1 is 1.25 bits per heavy atom. The van der Waals surface area contributed by atoms with E-state index in [1.807, 2.05) is 37.3 Å². The van der Waals surface area contributed by atoms with Crippen molar-refractivity contribution in [3.8, 4) is 0 Å². The van der Waals surface area contributed by atoms with Crippen molar-refractivity contribution < 1.29 is 14.3 Å². The summed E-state index contributed by atoms with van der Waals surface area (Å²) in [5, 5.41) is 3.82. The molecule has 0 aliphatic heterocycles. The number of benzene rings is 1. The van der Waals surface area contributed by atoms with Gasteiger partial charge < -0.3 is 14.8 Å². The van der Waals surface area contributed by atoms with E-state index in [1.54, 1.807) is 7.11 Å². The summed E-state index contributed by atoms with van der Waals surface area (Å²) in [6.07, 6.45) is 0. The minimum absolute atomic E-state index is 0.00552. The molecule has 0 fully saturated rings. The van der Waals surface area contributed by atoms with Crippen LogP contribution in [0.3, 0.4) is 0 Å². The quantitative estimate of drug-likeness (QED) is 0.820. The number of fused-ring (bicyclic) bond motifs is 1. The van der Waals surface area contributed by atoms with Crippen molar-refractivity contribution in [3.63, 3.8) is 0 Å². The predicted octanol–water partition coefficient (Wildman–Crippen LogP) is 2.14. The van der Waals surface area contributed by atoms with Gasteiger partial charge in [-0.15, -0.1) is 0 Å². The van der Waals surface area contributed by atoms with Crippen LogP contribution in [0.5, 0.6) is 0 Å². The number of para-hydroxylation sites is 1. The van der Waals surface area contributed by atoms with Gasteiger partial charge in [0.05, 0.1) is 24.4 Å². The number of carbonyl (C=O) groups excluding carboxylic acids is 1. The van der Waals surface area contributed by atoms with Gasteiger partial charge in [0, 0.05) is 18.2 Å². The second-order valence-electron chi connectivity index (χ2n) is 4.42. The van der Waals surface area contributed by atoms with Gasteiger partial charge >= 0.3 is 0 Å². The van der Waals surface area contributed by atoms with Crippen LogP contribution >= 0.6 is 0 Å². The van der Waals surface area contributed by atoms with E-state index in [9.17, 15) is 4.79 Å². The SMILES string of the molecule is COCCOCC(=O)Nc1cccc2ccc(C)nc12. The number of hydrogen-bond acceptors (Lipinski definition) is 4. The largest absolute Gasteiger partial charge is 0.382 e. The van der Waals surface area contributed by atoms with Gasteiger partial charge in [0.1, 0.15) is 6.61 Å². The van der Waals surface area contributed by atoms with Crippen LogP contribution in [0.25, 0.3) is 10.9 Å². The molecule has 0 radical (unpaired) electrons. The first-order valence-electron chi connectivity index (χ1n) is 6.43. The molecule has 5 nitrogen and oxygen atoms in total. The van der Waals surface area contributed by atoms with Crippen molar-refractivity contribution >= 4 is 22.5 Å². The molecule has 1 aromatic carbocycles. The topological polar surface area (TPSA) is 60.5 Å². The Hall–Kier alpha value is -1.98. The molecule has 0 saturated heterocycles. The lowest BCUT2D eigenvalue weighted by molar-refractivity contribution is -0.121. The average Bonchev–Trinajstić information content (AvgIpc) is 2.44. The highest BCUT2D eigenvalue weighted by Gasteiger charge is 2.07. The van der Waals surface area contributed by atoms with E-state index in [0.29, 0.717) is 18.9 Å². The second-order valence-corrected chi connectivity index (χ2v) is 4.42. The van der Waals surface area contributed by atoms with Crippen LogP contribution in [0, 0.1) is 6.92 Å². The molecule has 2 aromatic rings. The Balaban J connectivity index is 2.05. The third-order valence-corrected chi connectivity index (χ3v) is 2.80. The van der Waals surface area contributed by atoms with E-state index in [1.165, 1.54) is 0 Å². The number of amides is 1. The second kappa shape index (κ2) is 6.98. The zero-order valence-electron chi connectivity index (χ0n) is 11.7. The minimum Gasteiger partial charge on any atom is -0.382 e. The first-order valence-corrected chi connectivity index (χ1v) is 6.43. The summed E-state index contributed by atoms with van der Waals surface area (Å²) in [7, 11) is 1.59. The molecule has 2 rings (SSSR count). The van der Waals surface area contributed by atoms with Gasteiger partial charge in [-0.05, 0) is 19.1 Å². The summed E-state index contributed by atoms with van der Waals surface area (Å²) in [4.78, 5) is 16.3. The number of anilines is 1. The number of nitrogens with zero attached hydrogens (tertiary/aromatic N) is 1. The molecule has 106 valence electrons. The lowest BCUT2D eigenvalue weighted by atomic mass is 10.1. The molecule has 1 aromatic heterocycles. The lowest BCUT2D eigenvalue weighted by Gasteiger charge is -2.09. The van der Waals surface area contributed by atoms with Crippen molar-refractivity contribution in [2.24, 2.45) is 0 Å². The highest BCUT2D eigenvalue weighted by Crippen LogP contribution is 2.21. The van der Waals surface area contributed by atoms with Crippen LogP contribution in [0.4, 0.5) is 5.69 Å². The van der Waals surface area contributed by atoms with Crippen LogP contribution in [0.2, 0.25) is 0 Å². The molecular weight excluding hydrogens is 256 g/mol. The molecule has 0 spiro atoms. The van der Waals surface area contributed by atoms with Gasteiger partial charge in [-0.2, -0.15) is 0 Å². The fraction of sp³-hybridized carbons (Fsp3) is 0.333. The van der Waals surface area contributed by atoms with Gasteiger partial charge in [0.25, 0.3) is 0 Å². The van der Waals surface area contributed by atoms with Gasteiger partial charge in [-0.1, -0.05) is 18.2 Å². The van der Waals surface area contributed by atoms with Crippen molar-refractivity contribution in [3.05, 3.63) is 36.0 Å². The first-order chi connectivity index (χ1) is 9.70. The average molecular weight is 274 g/mol. The normalized spacial score (nSPS) is 10.7. The lowest BCUT2D eigenvalue weighted by Crippen LogP contribution is -2.19. The van der Waals surface area contributed by atoms with Crippen LogP contribution in [-0.2, 0) is 14.3 Å². The van der Waals surface area contributed by atoms with E-state index in [4.69, 9.17) is 9.47 Å². The number of methoxy groups -OCH3 is 1. The minimum atomic E-state index is -0.197. The maximum atomic E-state index is 11.8. The van der Waals surface area contributed by atoms with Crippen LogP contribution in [0.1, 0.15) is 5.69 Å². The summed E-state index contributed by atoms with van der Waals surface area (Å²) >= 11 is 0. The number of aryl methyl sites for hydroxylation is 1. The smallest absolute Gasteiger partial charge is 0.250 e. The summed E-state index contributed by atoms with van der Waals surface area (Å²) < 4.78 is 10.0. The molecule has 1 N–H and O–H groups in total. The van der Waals surface area contributed by atoms with Gasteiger partial charge in [-0.25, -0.2) is 0 Å². The Morgan fingerprint density at radius 3 is 2.90 bits per heavy atom. The third-order valence-electron chi connectivity index (χ3n) is 2.80. The molecular formula is C15H18N2O3. The Kier molecular flexibility index (Phi) is 5.03.